The van der Waals surface area contributed by atoms with Crippen molar-refractivity contribution in [2.75, 3.05) is 5.32 Å². The number of fused-ring (bicyclic) bond motifs is 1. The molecule has 0 amide bonds. The van der Waals surface area contributed by atoms with Crippen LogP contribution in [0.1, 0.15) is 40.5 Å². The number of rotatable bonds is 2. The smallest absolute Gasteiger partial charge is 0.137 e. The van der Waals surface area contributed by atoms with Gasteiger partial charge in [-0.1, -0.05) is 15.9 Å². The van der Waals surface area contributed by atoms with Crippen LogP contribution in [0.4, 0.5) is 5.82 Å². The third kappa shape index (κ3) is 4.34. The first-order chi connectivity index (χ1) is 10.2. The first kappa shape index (κ1) is 18.4. The van der Waals surface area contributed by atoms with Crippen molar-refractivity contribution in [3.63, 3.8) is 0 Å². The lowest BCUT2D eigenvalue weighted by molar-refractivity contribution is 0.170. The van der Waals surface area contributed by atoms with Gasteiger partial charge in [-0.3, -0.25) is 0 Å². The molecule has 1 aromatic carbocycles. The lowest BCUT2D eigenvalue weighted by atomic mass is 9.79. The number of hydrogen-bond donors (Lipinski definition) is 2. The summed E-state index contributed by atoms with van der Waals surface area (Å²) in [6, 6.07) is 6.50. The van der Waals surface area contributed by atoms with Crippen LogP contribution in [0.5, 0.6) is 0 Å². The molecule has 0 unspecified atom stereocenters. The predicted octanol–water partition coefficient (Wildman–Crippen LogP) is 4.54. The summed E-state index contributed by atoms with van der Waals surface area (Å²) in [5, 5.41) is 8.43. The number of benzene rings is 1. The third-order valence-electron chi connectivity index (χ3n) is 4.13. The van der Waals surface area contributed by atoms with Gasteiger partial charge in [0.2, 0.25) is 0 Å². The minimum Gasteiger partial charge on any atom is -0.367 e. The van der Waals surface area contributed by atoms with Gasteiger partial charge in [0.1, 0.15) is 12.1 Å². The Morgan fingerprint density at radius 3 is 2.43 bits per heavy atom. The van der Waals surface area contributed by atoms with Crippen molar-refractivity contribution in [1.82, 2.24) is 15.3 Å². The van der Waals surface area contributed by atoms with Gasteiger partial charge in [-0.05, 0) is 58.7 Å². The van der Waals surface area contributed by atoms with E-state index < -0.39 is 0 Å². The van der Waals surface area contributed by atoms with Gasteiger partial charge in [0.15, 0.2) is 0 Å². The van der Waals surface area contributed by atoms with Crippen molar-refractivity contribution in [3.05, 3.63) is 29.0 Å². The summed E-state index contributed by atoms with van der Waals surface area (Å²) in [5.41, 5.74) is 1.19. The van der Waals surface area contributed by atoms with Crippen LogP contribution in [0, 0.1) is 0 Å². The highest BCUT2D eigenvalue weighted by molar-refractivity contribution is 9.10. The maximum atomic E-state index is 4.47. The molecule has 0 atom stereocenters. The summed E-state index contributed by atoms with van der Waals surface area (Å²) in [7, 11) is 0. The molecule has 0 radical (unpaired) electrons. The molecule has 1 saturated heterocycles. The Morgan fingerprint density at radius 1 is 1.13 bits per heavy atom. The Labute approximate surface area is 152 Å². The predicted molar refractivity (Wildman–Crippen MR) is 102 cm³/mol. The van der Waals surface area contributed by atoms with Crippen molar-refractivity contribution in [3.8, 4) is 0 Å². The fourth-order valence-electron chi connectivity index (χ4n) is 3.76. The molecule has 2 aromatic rings. The molecule has 3 rings (SSSR count). The molecule has 2 N–H and O–H groups in total. The molecule has 0 aliphatic carbocycles. The molecular weight excluding hydrogens is 376 g/mol. The second-order valence-electron chi connectivity index (χ2n) is 7.53. The van der Waals surface area contributed by atoms with Crippen LogP contribution in [0.15, 0.2) is 29.0 Å². The van der Waals surface area contributed by atoms with Gasteiger partial charge >= 0.3 is 0 Å². The fraction of sp³-hybridized carbons (Fsp3) is 0.529. The lowest BCUT2D eigenvalue weighted by Gasteiger charge is -2.46. The Morgan fingerprint density at radius 2 is 1.78 bits per heavy atom. The van der Waals surface area contributed by atoms with Gasteiger partial charge in [-0.2, -0.15) is 0 Å². The van der Waals surface area contributed by atoms with Gasteiger partial charge < -0.3 is 10.6 Å². The van der Waals surface area contributed by atoms with E-state index in [9.17, 15) is 0 Å². The molecule has 0 spiro atoms. The summed E-state index contributed by atoms with van der Waals surface area (Å²) in [5.74, 6) is 0.921. The summed E-state index contributed by atoms with van der Waals surface area (Å²) in [6.45, 7) is 9.04. The molecule has 4 nitrogen and oxygen atoms in total. The van der Waals surface area contributed by atoms with E-state index in [4.69, 9.17) is 0 Å². The minimum absolute atomic E-state index is 0. The Bertz CT molecular complexity index is 686. The zero-order chi connectivity index (χ0) is 16.0. The normalized spacial score (nSPS) is 20.0. The van der Waals surface area contributed by atoms with Crippen LogP contribution in [-0.2, 0) is 0 Å². The van der Waals surface area contributed by atoms with Crippen molar-refractivity contribution >= 4 is 45.1 Å². The van der Waals surface area contributed by atoms with Crippen molar-refractivity contribution < 1.29 is 0 Å². The molecule has 1 fully saturated rings. The highest BCUT2D eigenvalue weighted by Gasteiger charge is 2.37. The Kier molecular flexibility index (Phi) is 5.24. The Hall–Kier alpha value is -0.910. The summed E-state index contributed by atoms with van der Waals surface area (Å²) >= 11 is 3.53. The number of aromatic nitrogens is 2. The zero-order valence-corrected chi connectivity index (χ0v) is 16.4. The number of piperidine rings is 1. The van der Waals surface area contributed by atoms with Gasteiger partial charge in [-0.15, -0.1) is 12.4 Å². The third-order valence-corrected chi connectivity index (χ3v) is 4.62. The van der Waals surface area contributed by atoms with Crippen LogP contribution in [0.25, 0.3) is 10.9 Å². The second-order valence-corrected chi connectivity index (χ2v) is 8.44. The van der Waals surface area contributed by atoms with Gasteiger partial charge in [-0.25, -0.2) is 9.97 Å². The minimum atomic E-state index is 0. The fourth-order valence-corrected chi connectivity index (χ4v) is 4.12. The number of hydrogen-bond acceptors (Lipinski definition) is 4. The number of nitrogens with one attached hydrogen (secondary N) is 2. The van der Waals surface area contributed by atoms with E-state index >= 15 is 0 Å². The van der Waals surface area contributed by atoms with E-state index in [1.165, 1.54) is 0 Å². The van der Waals surface area contributed by atoms with Crippen LogP contribution in [0.3, 0.4) is 0 Å². The molecule has 1 aliphatic rings. The highest BCUT2D eigenvalue weighted by atomic mass is 79.9. The molecule has 6 heteroatoms. The van der Waals surface area contributed by atoms with E-state index in [0.29, 0.717) is 6.04 Å². The van der Waals surface area contributed by atoms with Gasteiger partial charge in [0, 0.05) is 27.0 Å². The monoisotopic (exact) mass is 398 g/mol. The summed E-state index contributed by atoms with van der Waals surface area (Å²) in [4.78, 5) is 8.82. The maximum Gasteiger partial charge on any atom is 0.137 e. The molecular formula is C17H24BrClN4. The van der Waals surface area contributed by atoms with E-state index in [1.54, 1.807) is 6.33 Å². The average molecular weight is 400 g/mol. The van der Waals surface area contributed by atoms with Crippen molar-refractivity contribution in [2.24, 2.45) is 0 Å². The first-order valence-corrected chi connectivity index (χ1v) is 8.50. The van der Waals surface area contributed by atoms with Gasteiger partial charge in [0.05, 0.1) is 5.52 Å². The van der Waals surface area contributed by atoms with Crippen molar-refractivity contribution in [2.45, 2.75) is 57.7 Å². The largest absolute Gasteiger partial charge is 0.367 e. The molecule has 23 heavy (non-hydrogen) atoms. The number of nitrogens with zero attached hydrogens (tertiary/aromatic N) is 2. The number of halogens is 2. The Balaban J connectivity index is 0.00000192. The van der Waals surface area contributed by atoms with E-state index in [2.05, 4.69) is 70.3 Å². The van der Waals surface area contributed by atoms with Crippen molar-refractivity contribution in [1.29, 1.82) is 0 Å². The molecule has 1 aromatic heterocycles. The van der Waals surface area contributed by atoms with E-state index in [-0.39, 0.29) is 23.5 Å². The van der Waals surface area contributed by atoms with Crippen LogP contribution in [0.2, 0.25) is 0 Å². The molecule has 0 saturated carbocycles. The van der Waals surface area contributed by atoms with Gasteiger partial charge in [0.25, 0.3) is 0 Å². The molecule has 0 bridgehead atoms. The van der Waals surface area contributed by atoms with Crippen LogP contribution in [-0.4, -0.2) is 27.1 Å². The lowest BCUT2D eigenvalue weighted by Crippen LogP contribution is -2.60. The quantitative estimate of drug-likeness (QED) is 0.778. The second kappa shape index (κ2) is 6.54. The standard InChI is InChI=1S/C17H23BrN4.ClH/c1-16(2)8-12(9-17(3,4)22-16)21-15-13-7-11(18)5-6-14(13)19-10-20-15;/h5-7,10,12,22H,8-9H2,1-4H3,(H,19,20,21);1H. The van der Waals surface area contributed by atoms with Crippen LogP contribution < -0.4 is 10.6 Å². The summed E-state index contributed by atoms with van der Waals surface area (Å²) in [6.07, 6.45) is 3.77. The average Bonchev–Trinajstić information content (AvgIpc) is 2.35. The number of anilines is 1. The van der Waals surface area contributed by atoms with Crippen LogP contribution >= 0.6 is 28.3 Å². The van der Waals surface area contributed by atoms with E-state index in [0.717, 1.165) is 34.0 Å². The first-order valence-electron chi connectivity index (χ1n) is 7.70. The zero-order valence-electron chi connectivity index (χ0n) is 14.0. The molecule has 126 valence electrons. The molecule has 1 aliphatic heterocycles. The summed E-state index contributed by atoms with van der Waals surface area (Å²) < 4.78 is 1.05. The topological polar surface area (TPSA) is 49.8 Å². The SMILES string of the molecule is CC1(C)CC(Nc2ncnc3ccc(Br)cc23)CC(C)(C)N1.Cl. The highest BCUT2D eigenvalue weighted by Crippen LogP contribution is 2.32. The van der Waals surface area contributed by atoms with E-state index in [1.807, 2.05) is 12.1 Å². The molecule has 2 heterocycles. The maximum absolute atomic E-state index is 4.47.